The van der Waals surface area contributed by atoms with Crippen LogP contribution in [0.5, 0.6) is 0 Å². The van der Waals surface area contributed by atoms with Crippen LogP contribution in [0.15, 0.2) is 60.2 Å². The van der Waals surface area contributed by atoms with Crippen LogP contribution in [0.3, 0.4) is 0 Å². The molecule has 2 aromatic carbocycles. The molecule has 1 atom stereocenters. The van der Waals surface area contributed by atoms with E-state index in [9.17, 15) is 13.6 Å². The monoisotopic (exact) mass is 367 g/mol. The summed E-state index contributed by atoms with van der Waals surface area (Å²) in [7, 11) is 0.518. The van der Waals surface area contributed by atoms with E-state index in [0.29, 0.717) is 17.6 Å². The molecule has 134 valence electrons. The van der Waals surface area contributed by atoms with E-state index < -0.39 is 9.80 Å². The normalized spacial score (nSPS) is 14.7. The molecule has 3 rings (SSSR count). The van der Waals surface area contributed by atoms with Crippen LogP contribution in [0.25, 0.3) is 5.57 Å². The van der Waals surface area contributed by atoms with Crippen LogP contribution in [0.1, 0.15) is 16.7 Å². The van der Waals surface area contributed by atoms with E-state index in [1.54, 1.807) is 24.3 Å². The summed E-state index contributed by atoms with van der Waals surface area (Å²) in [6, 6.07) is 14.9. The summed E-state index contributed by atoms with van der Waals surface area (Å²) in [5.74, 6) is 1.95. The molecule has 5 heteroatoms. The Morgan fingerprint density at radius 3 is 2.42 bits per heavy atom. The molecule has 0 aromatic heterocycles. The first-order chi connectivity index (χ1) is 12.3. The Labute approximate surface area is 154 Å². The maximum absolute atomic E-state index is 12.6. The second-order valence-electron chi connectivity index (χ2n) is 6.53. The van der Waals surface area contributed by atoms with Crippen LogP contribution in [0.2, 0.25) is 0 Å². The van der Waals surface area contributed by atoms with Crippen molar-refractivity contribution in [3.63, 3.8) is 0 Å². The van der Waals surface area contributed by atoms with Gasteiger partial charge in [0.15, 0.2) is 0 Å². The lowest BCUT2D eigenvalue weighted by Gasteiger charge is -2.17. The number of benzene rings is 2. The van der Waals surface area contributed by atoms with Gasteiger partial charge in [-0.2, -0.15) is 0 Å². The smallest absolute Gasteiger partial charge is 0.134 e. The van der Waals surface area contributed by atoms with Gasteiger partial charge in [0.25, 0.3) is 0 Å². The first-order valence-electron chi connectivity index (χ1n) is 8.23. The molecular weight excluding hydrogens is 346 g/mol. The molecule has 1 N–H and O–H groups in total. The van der Waals surface area contributed by atoms with Crippen LogP contribution in [-0.4, -0.2) is 39.9 Å². The largest absolute Gasteiger partial charge is 0.378 e. The van der Waals surface area contributed by atoms with Gasteiger partial charge in [0.2, 0.25) is 0 Å². The van der Waals surface area contributed by atoms with E-state index in [-0.39, 0.29) is 10.4 Å². The van der Waals surface area contributed by atoms with E-state index in [1.165, 1.54) is 6.26 Å². The fraction of sp³-hybridized carbons (Fsp3) is 0.190. The Bertz CT molecular complexity index is 1040. The molecule has 0 saturated carbocycles. The van der Waals surface area contributed by atoms with Crippen LogP contribution in [0.4, 0.5) is 5.69 Å². The molecule has 2 aromatic rings. The number of fused-ring (bicyclic) bond motifs is 1. The molecule has 1 unspecified atom stereocenters. The molecule has 0 spiro atoms. The summed E-state index contributed by atoms with van der Waals surface area (Å²) in [5, 5.41) is 0. The van der Waals surface area contributed by atoms with Gasteiger partial charge in [-0.25, -0.2) is 9.00 Å². The molecule has 0 radical (unpaired) electrons. The van der Waals surface area contributed by atoms with Gasteiger partial charge < -0.3 is 9.45 Å². The lowest BCUT2D eigenvalue weighted by atomic mass is 9.94. The predicted octanol–water partition coefficient (Wildman–Crippen LogP) is 3.06. The molecule has 0 aliphatic heterocycles. The zero-order valence-corrected chi connectivity index (χ0v) is 15.8. The second-order valence-corrected chi connectivity index (χ2v) is 8.55. The number of carbonyl (C=O) groups excluding carboxylic acids is 1. The summed E-state index contributed by atoms with van der Waals surface area (Å²) in [6.45, 7) is 0. The van der Waals surface area contributed by atoms with Crippen molar-refractivity contribution in [3.05, 3.63) is 76.9 Å². The summed E-state index contributed by atoms with van der Waals surface area (Å²) >= 11 is 0. The van der Waals surface area contributed by atoms with Gasteiger partial charge in [-0.15, -0.1) is 0 Å². The highest BCUT2D eigenvalue weighted by Gasteiger charge is 2.25. The third kappa shape index (κ3) is 3.37. The Kier molecular flexibility index (Phi) is 4.88. The van der Waals surface area contributed by atoms with E-state index >= 15 is 0 Å². The van der Waals surface area contributed by atoms with Gasteiger partial charge in [0, 0.05) is 26.0 Å². The minimum absolute atomic E-state index is 0.127. The molecule has 4 nitrogen and oxygen atoms in total. The quantitative estimate of drug-likeness (QED) is 0.391. The third-order valence-electron chi connectivity index (χ3n) is 4.44. The SMILES string of the molecule is CN(C)c1ccc2c(c1)C(C(=C=O)C(c1ccccc1)=S(C)(=O)O)=CC2. The van der Waals surface area contributed by atoms with Gasteiger partial charge in [-0.1, -0.05) is 42.5 Å². The van der Waals surface area contributed by atoms with Crippen LogP contribution >= 0.6 is 0 Å². The Morgan fingerprint density at radius 1 is 1.15 bits per heavy atom. The van der Waals surface area contributed by atoms with Crippen molar-refractivity contribution < 1.29 is 13.6 Å². The molecule has 1 aliphatic rings. The van der Waals surface area contributed by atoms with Crippen molar-refractivity contribution >= 4 is 31.9 Å². The number of nitrogens with zero attached hydrogens (tertiary/aromatic N) is 1. The van der Waals surface area contributed by atoms with Gasteiger partial charge >= 0.3 is 0 Å². The van der Waals surface area contributed by atoms with E-state index in [2.05, 4.69) is 0 Å². The molecular formula is C21H21NO3S. The van der Waals surface area contributed by atoms with Crippen LogP contribution < -0.4 is 4.90 Å². The molecule has 0 fully saturated rings. The minimum atomic E-state index is -3.38. The first kappa shape index (κ1) is 18.2. The molecule has 0 heterocycles. The van der Waals surface area contributed by atoms with Gasteiger partial charge in [-0.05, 0) is 40.8 Å². The van der Waals surface area contributed by atoms with Crippen LogP contribution in [-0.2, 0) is 21.0 Å². The lowest BCUT2D eigenvalue weighted by molar-refractivity contribution is 0.564. The average Bonchev–Trinajstić information content (AvgIpc) is 3.02. The maximum atomic E-state index is 12.6. The highest BCUT2D eigenvalue weighted by molar-refractivity contribution is 7.97. The fourth-order valence-electron chi connectivity index (χ4n) is 3.20. The predicted molar refractivity (Wildman–Crippen MR) is 109 cm³/mol. The van der Waals surface area contributed by atoms with Crippen molar-refractivity contribution in [3.8, 4) is 0 Å². The Morgan fingerprint density at radius 2 is 1.85 bits per heavy atom. The Hall–Kier alpha value is -2.59. The molecule has 26 heavy (non-hydrogen) atoms. The minimum Gasteiger partial charge on any atom is -0.378 e. The molecule has 0 saturated heterocycles. The van der Waals surface area contributed by atoms with Crippen LogP contribution in [0, 0.1) is 0 Å². The van der Waals surface area contributed by atoms with E-state index in [4.69, 9.17) is 0 Å². The highest BCUT2D eigenvalue weighted by atomic mass is 32.2. The third-order valence-corrected chi connectivity index (χ3v) is 5.64. The van der Waals surface area contributed by atoms with E-state index in [0.717, 1.165) is 16.8 Å². The van der Waals surface area contributed by atoms with Crippen molar-refractivity contribution in [1.82, 2.24) is 0 Å². The summed E-state index contributed by atoms with van der Waals surface area (Å²) < 4.78 is 23.0. The highest BCUT2D eigenvalue weighted by Crippen LogP contribution is 2.36. The van der Waals surface area contributed by atoms with Gasteiger partial charge in [0.05, 0.1) is 20.2 Å². The molecule has 0 amide bonds. The second kappa shape index (κ2) is 6.96. The fourth-order valence-corrected chi connectivity index (χ4v) is 4.30. The number of hydrogen-bond donors (Lipinski definition) is 1. The van der Waals surface area contributed by atoms with Gasteiger partial charge in [-0.3, -0.25) is 0 Å². The number of anilines is 1. The van der Waals surface area contributed by atoms with E-state index in [1.807, 2.05) is 55.3 Å². The lowest BCUT2D eigenvalue weighted by Crippen LogP contribution is -2.18. The van der Waals surface area contributed by atoms with Crippen molar-refractivity contribution in [1.29, 1.82) is 0 Å². The average molecular weight is 367 g/mol. The Balaban J connectivity index is 2.20. The van der Waals surface area contributed by atoms with Crippen molar-refractivity contribution in [2.75, 3.05) is 25.3 Å². The number of rotatable bonds is 4. The molecule has 0 bridgehead atoms. The zero-order chi connectivity index (χ0) is 18.9. The van der Waals surface area contributed by atoms with Crippen molar-refractivity contribution in [2.45, 2.75) is 6.42 Å². The summed E-state index contributed by atoms with van der Waals surface area (Å²) in [4.78, 5) is 14.0. The number of hydrogen-bond acceptors (Lipinski definition) is 3. The standard InChI is InChI=1S/C21H21NO3S/c1-22(2)17-11-9-15-10-12-18(19(15)13-17)20(14-23)21(26(3,24)25)16-7-5-4-6-8-16/h4-9,11-13H,10H2,1-3H3,(H,24,25). The zero-order valence-electron chi connectivity index (χ0n) is 15.0. The molecule has 1 aliphatic carbocycles. The van der Waals surface area contributed by atoms with Gasteiger partial charge in [0.1, 0.15) is 5.94 Å². The van der Waals surface area contributed by atoms with Crippen molar-refractivity contribution in [2.24, 2.45) is 0 Å². The maximum Gasteiger partial charge on any atom is 0.134 e. The summed E-state index contributed by atoms with van der Waals surface area (Å²) in [6.07, 6.45) is 3.85. The summed E-state index contributed by atoms with van der Waals surface area (Å²) in [5.41, 5.74) is 4.38. The topological polar surface area (TPSA) is 57.6 Å². The first-order valence-corrected chi connectivity index (χ1v) is 10.2. The number of allylic oxidation sites excluding steroid dienone is 3.